The number of hydrogen-bond acceptors (Lipinski definition) is 6. The Bertz CT molecular complexity index is 1250. The van der Waals surface area contributed by atoms with Crippen LogP contribution in [-0.4, -0.2) is 45.5 Å². The first-order valence-electron chi connectivity index (χ1n) is 10.3. The molecule has 3 rings (SSSR count). The van der Waals surface area contributed by atoms with Gasteiger partial charge in [-0.05, 0) is 17.2 Å². The molecule has 3 aromatic rings. The first-order chi connectivity index (χ1) is 15.7. The van der Waals surface area contributed by atoms with E-state index in [1.807, 2.05) is 48.5 Å². The summed E-state index contributed by atoms with van der Waals surface area (Å²) < 4.78 is 6.58. The normalized spacial score (nSPS) is 10.8. The minimum atomic E-state index is -1.27. The molecular weight excluding hydrogens is 426 g/mol. The lowest BCUT2D eigenvalue weighted by atomic mass is 9.98. The van der Waals surface area contributed by atoms with Crippen molar-refractivity contribution in [3.63, 3.8) is 0 Å². The Balaban J connectivity index is 2.13. The number of carboxylic acids is 1. The summed E-state index contributed by atoms with van der Waals surface area (Å²) in [6.07, 6.45) is 0. The van der Waals surface area contributed by atoms with Gasteiger partial charge >= 0.3 is 5.97 Å². The number of para-hydroxylation sites is 1. The van der Waals surface area contributed by atoms with Crippen molar-refractivity contribution in [2.24, 2.45) is 0 Å². The number of nitrogens with one attached hydrogen (secondary N) is 1. The third kappa shape index (κ3) is 5.03. The highest BCUT2D eigenvalue weighted by Crippen LogP contribution is 2.32. The van der Waals surface area contributed by atoms with Crippen molar-refractivity contribution < 1.29 is 24.5 Å². The van der Waals surface area contributed by atoms with Crippen LogP contribution < -0.4 is 15.6 Å². The second-order valence-electron chi connectivity index (χ2n) is 7.66. The van der Waals surface area contributed by atoms with E-state index in [0.29, 0.717) is 5.75 Å². The van der Waals surface area contributed by atoms with E-state index in [1.165, 1.54) is 0 Å². The number of methoxy groups -OCH3 is 1. The lowest BCUT2D eigenvalue weighted by molar-refractivity contribution is -0.135. The number of aromatic hydroxyl groups is 1. The number of benzene rings is 2. The molecule has 1 amide bonds. The van der Waals surface area contributed by atoms with Crippen LogP contribution in [0.1, 0.15) is 41.4 Å². The Labute approximate surface area is 190 Å². The van der Waals surface area contributed by atoms with Crippen molar-refractivity contribution in [3.05, 3.63) is 75.7 Å². The number of carbonyl (C=O) groups is 2. The van der Waals surface area contributed by atoms with Gasteiger partial charge in [0.2, 0.25) is 0 Å². The van der Waals surface area contributed by atoms with Gasteiger partial charge in [-0.15, -0.1) is 0 Å². The van der Waals surface area contributed by atoms with Gasteiger partial charge in [0.15, 0.2) is 5.75 Å². The topological polar surface area (TPSA) is 131 Å². The molecule has 2 aromatic carbocycles. The molecule has 1 heterocycles. The highest BCUT2D eigenvalue weighted by atomic mass is 16.5. The molecule has 0 radical (unpaired) electrons. The van der Waals surface area contributed by atoms with Crippen molar-refractivity contribution in [2.75, 3.05) is 13.7 Å². The Morgan fingerprint density at radius 3 is 2.36 bits per heavy atom. The summed E-state index contributed by atoms with van der Waals surface area (Å²) in [7, 11) is 1.57. The number of rotatable bonds is 8. The number of amides is 1. The highest BCUT2D eigenvalue weighted by Gasteiger charge is 2.25. The minimum absolute atomic E-state index is 0.0201. The Morgan fingerprint density at radius 1 is 1.09 bits per heavy atom. The second-order valence-corrected chi connectivity index (χ2v) is 7.66. The zero-order valence-electron chi connectivity index (χ0n) is 18.5. The number of carboxylic acid groups (broad SMARTS) is 1. The molecule has 33 heavy (non-hydrogen) atoms. The van der Waals surface area contributed by atoms with Crippen LogP contribution in [0, 0.1) is 0 Å². The van der Waals surface area contributed by atoms with Crippen LogP contribution in [0.4, 0.5) is 0 Å². The zero-order valence-corrected chi connectivity index (χ0v) is 18.5. The molecule has 0 spiro atoms. The van der Waals surface area contributed by atoms with Gasteiger partial charge in [0.05, 0.1) is 13.7 Å². The van der Waals surface area contributed by atoms with Crippen LogP contribution in [0.5, 0.6) is 11.5 Å². The third-order valence-electron chi connectivity index (χ3n) is 5.06. The maximum atomic E-state index is 13.1. The molecule has 1 aromatic heterocycles. The molecule has 0 aliphatic rings. The SMILES string of the molecule is COc1ccccc1-c1ccccc1Cn1nc(C(C)C)c(O)c(C(=O)NCC(=O)O)c1=O. The first kappa shape index (κ1) is 23.5. The van der Waals surface area contributed by atoms with Gasteiger partial charge in [-0.2, -0.15) is 5.10 Å². The molecule has 172 valence electrons. The summed E-state index contributed by atoms with van der Waals surface area (Å²) in [5, 5.41) is 25.8. The van der Waals surface area contributed by atoms with Crippen molar-refractivity contribution in [1.82, 2.24) is 15.1 Å². The van der Waals surface area contributed by atoms with Crippen LogP contribution in [0.25, 0.3) is 11.1 Å². The maximum Gasteiger partial charge on any atom is 0.322 e. The van der Waals surface area contributed by atoms with Crippen molar-refractivity contribution >= 4 is 11.9 Å². The number of carbonyl (C=O) groups excluding carboxylic acids is 1. The maximum absolute atomic E-state index is 13.1. The van der Waals surface area contributed by atoms with Gasteiger partial charge in [0.1, 0.15) is 23.6 Å². The summed E-state index contributed by atoms with van der Waals surface area (Å²) in [6.45, 7) is 2.86. The van der Waals surface area contributed by atoms with Gasteiger partial charge in [-0.3, -0.25) is 14.4 Å². The first-order valence-corrected chi connectivity index (χ1v) is 10.3. The molecule has 0 aliphatic heterocycles. The largest absolute Gasteiger partial charge is 0.505 e. The standard InChI is InChI=1S/C24H25N3O6/c1-14(2)21-22(30)20(23(31)25-12-19(28)29)24(32)27(26-21)13-15-8-4-5-9-16(15)17-10-6-7-11-18(17)33-3/h4-11,14,30H,12-13H2,1-3H3,(H,25,31)(H,28,29). The average Bonchev–Trinajstić information content (AvgIpc) is 2.79. The molecule has 0 saturated heterocycles. The van der Waals surface area contributed by atoms with Crippen LogP contribution >= 0.6 is 0 Å². The summed E-state index contributed by atoms with van der Waals surface area (Å²) in [5.74, 6) is -2.44. The smallest absolute Gasteiger partial charge is 0.322 e. The molecule has 0 unspecified atom stereocenters. The molecule has 0 bridgehead atoms. The van der Waals surface area contributed by atoms with Gasteiger partial charge in [0, 0.05) is 11.5 Å². The predicted molar refractivity (Wildman–Crippen MR) is 122 cm³/mol. The van der Waals surface area contributed by atoms with E-state index >= 15 is 0 Å². The van der Waals surface area contributed by atoms with Crippen LogP contribution in [0.2, 0.25) is 0 Å². The number of hydrogen-bond donors (Lipinski definition) is 3. The van der Waals surface area contributed by atoms with Gasteiger partial charge in [0.25, 0.3) is 11.5 Å². The molecule has 0 atom stereocenters. The average molecular weight is 451 g/mol. The van der Waals surface area contributed by atoms with E-state index in [0.717, 1.165) is 21.4 Å². The van der Waals surface area contributed by atoms with Crippen molar-refractivity contribution in [1.29, 1.82) is 0 Å². The molecule has 0 saturated carbocycles. The van der Waals surface area contributed by atoms with Crippen molar-refractivity contribution in [3.8, 4) is 22.6 Å². The highest BCUT2D eigenvalue weighted by molar-refractivity contribution is 5.98. The summed E-state index contributed by atoms with van der Waals surface area (Å²) in [4.78, 5) is 36.5. The van der Waals surface area contributed by atoms with E-state index in [1.54, 1.807) is 21.0 Å². The van der Waals surface area contributed by atoms with Gasteiger partial charge in [-0.1, -0.05) is 56.3 Å². The van der Waals surface area contributed by atoms with Crippen LogP contribution in [0.3, 0.4) is 0 Å². The quantitative estimate of drug-likeness (QED) is 0.480. The Hall–Kier alpha value is -4.14. The van der Waals surface area contributed by atoms with E-state index in [4.69, 9.17) is 9.84 Å². The van der Waals surface area contributed by atoms with Gasteiger partial charge < -0.3 is 20.3 Å². The van der Waals surface area contributed by atoms with E-state index in [9.17, 15) is 19.5 Å². The minimum Gasteiger partial charge on any atom is -0.505 e. The monoisotopic (exact) mass is 451 g/mol. The van der Waals surface area contributed by atoms with Gasteiger partial charge in [-0.25, -0.2) is 4.68 Å². The van der Waals surface area contributed by atoms with Crippen molar-refractivity contribution in [2.45, 2.75) is 26.3 Å². The fourth-order valence-electron chi connectivity index (χ4n) is 3.48. The van der Waals surface area contributed by atoms with E-state index < -0.39 is 35.3 Å². The summed E-state index contributed by atoms with van der Waals surface area (Å²) in [5.41, 5.74) is 1.18. The van der Waals surface area contributed by atoms with E-state index in [2.05, 4.69) is 10.4 Å². The molecule has 9 nitrogen and oxygen atoms in total. The number of nitrogens with zero attached hydrogens (tertiary/aromatic N) is 2. The lowest BCUT2D eigenvalue weighted by Gasteiger charge is -2.17. The Morgan fingerprint density at radius 2 is 1.73 bits per heavy atom. The Kier molecular flexibility index (Phi) is 7.12. The molecular formula is C24H25N3O6. The predicted octanol–water partition coefficient (Wildman–Crippen LogP) is 2.61. The second kappa shape index (κ2) is 9.99. The lowest BCUT2D eigenvalue weighted by Crippen LogP contribution is -2.37. The number of aliphatic carboxylic acids is 1. The number of ether oxygens (including phenoxy) is 1. The summed E-state index contributed by atoms with van der Waals surface area (Å²) >= 11 is 0. The molecule has 0 aliphatic carbocycles. The van der Waals surface area contributed by atoms with Crippen LogP contribution in [0.15, 0.2) is 53.3 Å². The fraction of sp³-hybridized carbons (Fsp3) is 0.250. The summed E-state index contributed by atoms with van der Waals surface area (Å²) in [6, 6.07) is 14.9. The molecule has 3 N–H and O–H groups in total. The number of aromatic nitrogens is 2. The molecule has 9 heteroatoms. The third-order valence-corrected chi connectivity index (χ3v) is 5.06. The van der Waals surface area contributed by atoms with E-state index in [-0.39, 0.29) is 18.2 Å². The fourth-order valence-corrected chi connectivity index (χ4v) is 3.48. The molecule has 0 fully saturated rings. The van der Waals surface area contributed by atoms with Crippen LogP contribution in [-0.2, 0) is 11.3 Å². The zero-order chi connectivity index (χ0) is 24.1.